The van der Waals surface area contributed by atoms with Crippen LogP contribution in [0.25, 0.3) is 0 Å². The number of hydrogen-bond acceptors (Lipinski definition) is 5. The normalized spacial score (nSPS) is 12.1. The zero-order chi connectivity index (χ0) is 19.9. The monoisotopic (exact) mass is 414 g/mol. The Bertz CT molecular complexity index is 887. The summed E-state index contributed by atoms with van der Waals surface area (Å²) in [6.07, 6.45) is 1.35. The molecule has 0 aliphatic heterocycles. The van der Waals surface area contributed by atoms with Gasteiger partial charge in [0.1, 0.15) is 11.5 Å². The van der Waals surface area contributed by atoms with Crippen LogP contribution in [0.5, 0.6) is 11.5 Å². The Balaban J connectivity index is 2.11. The van der Waals surface area contributed by atoms with Crippen LogP contribution < -0.4 is 4.74 Å². The van der Waals surface area contributed by atoms with Crippen LogP contribution in [0.3, 0.4) is 0 Å². The summed E-state index contributed by atoms with van der Waals surface area (Å²) in [4.78, 5) is 0. The number of para-hydroxylation sites is 2. The third-order valence-corrected chi connectivity index (χ3v) is 5.47. The summed E-state index contributed by atoms with van der Waals surface area (Å²) in [7, 11) is -8.01. The molecule has 0 unspecified atom stereocenters. The molecule has 0 amide bonds. The van der Waals surface area contributed by atoms with E-state index in [-0.39, 0.29) is 24.3 Å². The van der Waals surface area contributed by atoms with Crippen molar-refractivity contribution in [1.29, 1.82) is 0 Å². The first-order chi connectivity index (χ1) is 12.6. The van der Waals surface area contributed by atoms with E-state index >= 15 is 0 Å². The summed E-state index contributed by atoms with van der Waals surface area (Å²) >= 11 is 0. The molecule has 0 aromatic heterocycles. The summed E-state index contributed by atoms with van der Waals surface area (Å²) in [6, 6.07) is 14.4. The summed E-state index contributed by atoms with van der Waals surface area (Å²) in [5.74, 6) is 0.478. The molecule has 0 spiro atoms. The first kappa shape index (κ1) is 21.4. The van der Waals surface area contributed by atoms with Gasteiger partial charge < -0.3 is 4.74 Å². The SMILES string of the molecule is O=S(=O)(O)CCCc1ccccc1Oc1ccccc1CCCS(=O)(=O)O. The third kappa shape index (κ3) is 8.08. The van der Waals surface area contributed by atoms with Crippen LogP contribution in [-0.2, 0) is 33.1 Å². The fourth-order valence-corrected chi connectivity index (χ4v) is 3.65. The maximum Gasteiger partial charge on any atom is 0.264 e. The van der Waals surface area contributed by atoms with Crippen LogP contribution in [0, 0.1) is 0 Å². The lowest BCUT2D eigenvalue weighted by atomic mass is 10.1. The minimum atomic E-state index is -4.01. The average Bonchev–Trinajstić information content (AvgIpc) is 2.56. The number of aryl methyl sites for hydroxylation is 2. The van der Waals surface area contributed by atoms with Crippen molar-refractivity contribution in [1.82, 2.24) is 0 Å². The Morgan fingerprint density at radius 3 is 1.41 bits per heavy atom. The topological polar surface area (TPSA) is 118 Å². The Kier molecular flexibility index (Phi) is 7.37. The van der Waals surface area contributed by atoms with Crippen LogP contribution >= 0.6 is 0 Å². The van der Waals surface area contributed by atoms with Gasteiger partial charge in [-0.15, -0.1) is 0 Å². The number of ether oxygens (including phenoxy) is 1. The number of rotatable bonds is 10. The Labute approximate surface area is 159 Å². The lowest BCUT2D eigenvalue weighted by Gasteiger charge is -2.14. The molecule has 0 aliphatic carbocycles. The van der Waals surface area contributed by atoms with Crippen molar-refractivity contribution in [3.8, 4) is 11.5 Å². The van der Waals surface area contributed by atoms with Gasteiger partial charge in [0, 0.05) is 0 Å². The van der Waals surface area contributed by atoms with Crippen molar-refractivity contribution in [2.24, 2.45) is 0 Å². The van der Waals surface area contributed by atoms with Gasteiger partial charge in [-0.05, 0) is 48.9 Å². The molecule has 0 fully saturated rings. The zero-order valence-corrected chi connectivity index (χ0v) is 16.2. The standard InChI is InChI=1S/C18H22O7S2/c19-26(20,21)13-5-9-15-7-1-3-11-17(15)25-18-12-4-2-8-16(18)10-6-14-27(22,23)24/h1-4,7-8,11-12H,5-6,9-10,13-14H2,(H,19,20,21)(H,22,23,24). The molecule has 7 nitrogen and oxygen atoms in total. The van der Waals surface area contributed by atoms with E-state index in [1.165, 1.54) is 0 Å². The van der Waals surface area contributed by atoms with Crippen LogP contribution in [0.4, 0.5) is 0 Å². The lowest BCUT2D eigenvalue weighted by Crippen LogP contribution is -2.06. The van der Waals surface area contributed by atoms with E-state index in [2.05, 4.69) is 0 Å². The molecule has 0 aliphatic rings. The van der Waals surface area contributed by atoms with E-state index < -0.39 is 20.2 Å². The Morgan fingerprint density at radius 2 is 1.04 bits per heavy atom. The van der Waals surface area contributed by atoms with Gasteiger partial charge in [0.05, 0.1) is 11.5 Å². The minimum absolute atomic E-state index is 0.259. The second-order valence-electron chi connectivity index (χ2n) is 6.10. The van der Waals surface area contributed by atoms with Crippen LogP contribution in [-0.4, -0.2) is 37.4 Å². The van der Waals surface area contributed by atoms with Crippen LogP contribution in [0.15, 0.2) is 48.5 Å². The highest BCUT2D eigenvalue weighted by atomic mass is 32.2. The summed E-state index contributed by atoms with van der Waals surface area (Å²) in [5, 5.41) is 0. The highest BCUT2D eigenvalue weighted by molar-refractivity contribution is 7.86. The highest BCUT2D eigenvalue weighted by Crippen LogP contribution is 2.29. The number of hydrogen-bond donors (Lipinski definition) is 2. The predicted octanol–water partition coefficient (Wildman–Crippen LogP) is 3.12. The van der Waals surface area contributed by atoms with Gasteiger partial charge in [0.15, 0.2) is 0 Å². The zero-order valence-electron chi connectivity index (χ0n) is 14.6. The van der Waals surface area contributed by atoms with Crippen molar-refractivity contribution < 1.29 is 30.7 Å². The molecule has 0 atom stereocenters. The Hall–Kier alpha value is -1.94. The fourth-order valence-electron chi connectivity index (χ4n) is 2.63. The predicted molar refractivity (Wildman–Crippen MR) is 102 cm³/mol. The first-order valence-corrected chi connectivity index (χ1v) is 11.6. The van der Waals surface area contributed by atoms with E-state index in [9.17, 15) is 16.8 Å². The highest BCUT2D eigenvalue weighted by Gasteiger charge is 2.11. The molecule has 2 N–H and O–H groups in total. The van der Waals surface area contributed by atoms with Gasteiger partial charge in [-0.1, -0.05) is 36.4 Å². The van der Waals surface area contributed by atoms with Gasteiger partial charge in [-0.2, -0.15) is 16.8 Å². The molecule has 2 rings (SSSR count). The quantitative estimate of drug-likeness (QED) is 0.573. The van der Waals surface area contributed by atoms with Crippen molar-refractivity contribution in [3.05, 3.63) is 59.7 Å². The van der Waals surface area contributed by atoms with Gasteiger partial charge in [-0.3, -0.25) is 9.11 Å². The molecule has 2 aromatic rings. The molecular formula is C18H22O7S2. The van der Waals surface area contributed by atoms with Gasteiger partial charge >= 0.3 is 0 Å². The van der Waals surface area contributed by atoms with Crippen LogP contribution in [0.1, 0.15) is 24.0 Å². The van der Waals surface area contributed by atoms with E-state index in [0.29, 0.717) is 24.3 Å². The minimum Gasteiger partial charge on any atom is -0.457 e. The average molecular weight is 415 g/mol. The molecule has 148 valence electrons. The van der Waals surface area contributed by atoms with E-state index in [4.69, 9.17) is 13.8 Å². The van der Waals surface area contributed by atoms with Crippen molar-refractivity contribution >= 4 is 20.2 Å². The summed E-state index contributed by atoms with van der Waals surface area (Å²) < 4.78 is 67.2. The van der Waals surface area contributed by atoms with E-state index in [0.717, 1.165) is 11.1 Å². The molecule has 0 saturated heterocycles. The second kappa shape index (κ2) is 9.32. The van der Waals surface area contributed by atoms with Crippen molar-refractivity contribution in [2.75, 3.05) is 11.5 Å². The van der Waals surface area contributed by atoms with Gasteiger partial charge in [0.2, 0.25) is 0 Å². The second-order valence-corrected chi connectivity index (χ2v) is 9.24. The fraction of sp³-hybridized carbons (Fsp3) is 0.333. The largest absolute Gasteiger partial charge is 0.457 e. The Morgan fingerprint density at radius 1 is 0.667 bits per heavy atom. The molecular weight excluding hydrogens is 392 g/mol. The molecule has 0 heterocycles. The van der Waals surface area contributed by atoms with Crippen molar-refractivity contribution in [3.63, 3.8) is 0 Å². The maximum absolute atomic E-state index is 10.9. The lowest BCUT2D eigenvalue weighted by molar-refractivity contribution is 0.465. The first-order valence-electron chi connectivity index (χ1n) is 8.38. The van der Waals surface area contributed by atoms with Gasteiger partial charge in [-0.25, -0.2) is 0 Å². The van der Waals surface area contributed by atoms with Crippen molar-refractivity contribution in [2.45, 2.75) is 25.7 Å². The molecule has 0 bridgehead atoms. The molecule has 0 saturated carbocycles. The van der Waals surface area contributed by atoms with E-state index in [1.54, 1.807) is 24.3 Å². The smallest absolute Gasteiger partial charge is 0.264 e. The molecule has 27 heavy (non-hydrogen) atoms. The number of benzene rings is 2. The van der Waals surface area contributed by atoms with Gasteiger partial charge in [0.25, 0.3) is 20.2 Å². The molecule has 9 heteroatoms. The van der Waals surface area contributed by atoms with Crippen LogP contribution in [0.2, 0.25) is 0 Å². The maximum atomic E-state index is 10.9. The molecule has 0 radical (unpaired) electrons. The third-order valence-electron chi connectivity index (χ3n) is 3.86. The molecule has 2 aromatic carbocycles. The van der Waals surface area contributed by atoms with E-state index in [1.807, 2.05) is 24.3 Å². The summed E-state index contributed by atoms with van der Waals surface area (Å²) in [6.45, 7) is 0. The summed E-state index contributed by atoms with van der Waals surface area (Å²) in [5.41, 5.74) is 1.60.